The van der Waals surface area contributed by atoms with Crippen LogP contribution in [0.5, 0.6) is 0 Å². The van der Waals surface area contributed by atoms with E-state index in [1.54, 1.807) is 26.8 Å². The minimum absolute atomic E-state index is 0.0953. The highest BCUT2D eigenvalue weighted by atomic mass is 32.2. The van der Waals surface area contributed by atoms with Crippen molar-refractivity contribution >= 4 is 45.2 Å². The minimum atomic E-state index is -4.07. The van der Waals surface area contributed by atoms with E-state index >= 15 is 0 Å². The van der Waals surface area contributed by atoms with Crippen molar-refractivity contribution in [3.8, 4) is 0 Å². The van der Waals surface area contributed by atoms with E-state index in [9.17, 15) is 27.9 Å². The molecule has 0 heterocycles. The fourth-order valence-corrected chi connectivity index (χ4v) is 3.94. The highest BCUT2D eigenvalue weighted by molar-refractivity contribution is 7.92. The molecule has 0 bridgehead atoms. The van der Waals surface area contributed by atoms with Crippen molar-refractivity contribution < 1.29 is 32.6 Å². The first-order chi connectivity index (χ1) is 16.8. The lowest BCUT2D eigenvalue weighted by Crippen LogP contribution is -2.31. The zero-order chi connectivity index (χ0) is 26.9. The Morgan fingerprint density at radius 2 is 1.69 bits per heavy atom. The predicted molar refractivity (Wildman–Crippen MR) is 136 cm³/mol. The molecule has 0 fully saturated rings. The zero-order valence-corrected chi connectivity index (χ0v) is 21.2. The molecule has 0 unspecified atom stereocenters. The number of carbonyl (C=O) groups is 3. The molecule has 0 aliphatic carbocycles. The third kappa shape index (κ3) is 9.29. The second-order valence-electron chi connectivity index (χ2n) is 8.62. The molecule has 0 spiro atoms. The molecule has 36 heavy (non-hydrogen) atoms. The van der Waals surface area contributed by atoms with Gasteiger partial charge >= 0.3 is 18.1 Å². The summed E-state index contributed by atoms with van der Waals surface area (Å²) in [5, 5.41) is 16.8. The third-order valence-electron chi connectivity index (χ3n) is 4.27. The number of carboxylic acids is 1. The first-order valence-electron chi connectivity index (χ1n) is 11.0. The van der Waals surface area contributed by atoms with Crippen molar-refractivity contribution in [2.24, 2.45) is 0 Å². The largest absolute Gasteiger partial charge is 0.478 e. The van der Waals surface area contributed by atoms with E-state index in [4.69, 9.17) is 4.74 Å². The summed E-state index contributed by atoms with van der Waals surface area (Å²) in [6.07, 6.45) is 0.658. The second-order valence-corrected chi connectivity index (χ2v) is 10.3. The van der Waals surface area contributed by atoms with Crippen molar-refractivity contribution in [2.45, 2.75) is 44.6 Å². The van der Waals surface area contributed by atoms with Gasteiger partial charge in [-0.05, 0) is 57.5 Å². The van der Waals surface area contributed by atoms with Crippen LogP contribution in [-0.4, -0.2) is 43.8 Å². The second kappa shape index (κ2) is 12.1. The Bertz CT molecular complexity index is 1250. The van der Waals surface area contributed by atoms with Gasteiger partial charge in [-0.2, -0.15) is 0 Å². The zero-order valence-electron chi connectivity index (χ0n) is 20.4. The van der Waals surface area contributed by atoms with E-state index < -0.39 is 33.7 Å². The number of hydrogen-bond acceptors (Lipinski definition) is 6. The van der Waals surface area contributed by atoms with E-state index in [0.717, 1.165) is 12.5 Å². The van der Waals surface area contributed by atoms with E-state index in [1.807, 2.05) is 6.92 Å². The number of carboxylic acid groups (broad SMARTS) is 1. The third-order valence-corrected chi connectivity index (χ3v) is 5.65. The van der Waals surface area contributed by atoms with Crippen LogP contribution in [-0.2, 0) is 19.6 Å². The lowest BCUT2D eigenvalue weighted by molar-refractivity contribution is -0.131. The van der Waals surface area contributed by atoms with Crippen molar-refractivity contribution in [3.63, 3.8) is 0 Å². The Balaban J connectivity index is 2.26. The minimum Gasteiger partial charge on any atom is -0.478 e. The molecule has 5 N–H and O–H groups in total. The van der Waals surface area contributed by atoms with E-state index in [0.29, 0.717) is 6.54 Å². The van der Waals surface area contributed by atoms with Gasteiger partial charge in [0.1, 0.15) is 5.60 Å². The molecule has 11 nitrogen and oxygen atoms in total. The number of nitrogens with one attached hydrogen (secondary N) is 4. The van der Waals surface area contributed by atoms with E-state index in [1.165, 1.54) is 42.5 Å². The van der Waals surface area contributed by atoms with Gasteiger partial charge in [-0.15, -0.1) is 0 Å². The first-order valence-corrected chi connectivity index (χ1v) is 12.5. The molecule has 0 aliphatic heterocycles. The Kier molecular flexibility index (Phi) is 9.45. The number of sulfonamides is 1. The van der Waals surface area contributed by atoms with Crippen LogP contribution in [0.3, 0.4) is 0 Å². The molecular weight excluding hydrogens is 488 g/mol. The van der Waals surface area contributed by atoms with Crippen LogP contribution in [0.2, 0.25) is 0 Å². The fraction of sp³-hybridized carbons (Fsp3) is 0.292. The van der Waals surface area contributed by atoms with Crippen molar-refractivity contribution in [1.29, 1.82) is 0 Å². The van der Waals surface area contributed by atoms with Gasteiger partial charge < -0.3 is 20.5 Å². The van der Waals surface area contributed by atoms with Crippen LogP contribution in [0.15, 0.2) is 59.5 Å². The van der Waals surface area contributed by atoms with Gasteiger partial charge in [-0.25, -0.2) is 22.8 Å². The number of carbonyl (C=O) groups excluding carboxylic acids is 2. The number of urea groups is 1. The number of aliphatic carboxylic acids is 1. The van der Waals surface area contributed by atoms with Crippen LogP contribution in [0.25, 0.3) is 5.70 Å². The quantitative estimate of drug-likeness (QED) is 0.314. The number of rotatable bonds is 9. The van der Waals surface area contributed by atoms with Gasteiger partial charge in [-0.1, -0.05) is 25.1 Å². The lowest BCUT2D eigenvalue weighted by atomic mass is 10.1. The predicted octanol–water partition coefficient (Wildman–Crippen LogP) is 3.97. The summed E-state index contributed by atoms with van der Waals surface area (Å²) in [6.45, 7) is 7.35. The summed E-state index contributed by atoms with van der Waals surface area (Å²) in [5.41, 5.74) is -0.272. The molecule has 0 atom stereocenters. The van der Waals surface area contributed by atoms with Crippen LogP contribution in [0.1, 0.15) is 39.7 Å². The molecular formula is C24H30N4O7S. The lowest BCUT2D eigenvalue weighted by Gasteiger charge is -2.20. The number of ether oxygens (including phenoxy) is 1. The van der Waals surface area contributed by atoms with Gasteiger partial charge in [0.05, 0.1) is 10.6 Å². The van der Waals surface area contributed by atoms with Gasteiger partial charge in [0, 0.05) is 29.6 Å². The van der Waals surface area contributed by atoms with Crippen LogP contribution < -0.4 is 20.7 Å². The molecule has 0 saturated heterocycles. The number of amides is 3. The van der Waals surface area contributed by atoms with E-state index in [-0.39, 0.29) is 27.5 Å². The van der Waals surface area contributed by atoms with Gasteiger partial charge in [0.2, 0.25) is 0 Å². The summed E-state index contributed by atoms with van der Waals surface area (Å²) in [5.74, 6) is -1.32. The van der Waals surface area contributed by atoms with Crippen LogP contribution in [0, 0.1) is 0 Å². The number of anilines is 2. The topological polar surface area (TPSA) is 163 Å². The van der Waals surface area contributed by atoms with Crippen LogP contribution in [0.4, 0.5) is 21.0 Å². The average Bonchev–Trinajstić information content (AvgIpc) is 2.76. The Hall–Kier alpha value is -4.06. The highest BCUT2D eigenvalue weighted by Gasteiger charge is 2.19. The van der Waals surface area contributed by atoms with Gasteiger partial charge in [0.25, 0.3) is 10.0 Å². The fourth-order valence-electron chi connectivity index (χ4n) is 2.85. The monoisotopic (exact) mass is 518 g/mol. The molecule has 0 radical (unpaired) electrons. The Morgan fingerprint density at radius 1 is 1.03 bits per heavy atom. The SMILES string of the molecule is CCCNC(=O)Nc1cccc(S(=O)(=O)Nc2cccc(/C(=C/C(=O)O)NC(=O)OC(C)(C)C)c2)c1. The normalized spacial score (nSPS) is 11.8. The summed E-state index contributed by atoms with van der Waals surface area (Å²) in [4.78, 5) is 35.3. The smallest absolute Gasteiger partial charge is 0.412 e. The summed E-state index contributed by atoms with van der Waals surface area (Å²) >= 11 is 0. The maximum atomic E-state index is 13.0. The Labute approximate surface area is 210 Å². The van der Waals surface area contributed by atoms with Gasteiger partial charge in [0.15, 0.2) is 0 Å². The molecule has 0 aromatic heterocycles. The van der Waals surface area contributed by atoms with Crippen molar-refractivity contribution in [2.75, 3.05) is 16.6 Å². The molecule has 2 aromatic carbocycles. The molecule has 12 heteroatoms. The molecule has 194 valence electrons. The number of benzene rings is 2. The molecule has 2 rings (SSSR count). The maximum absolute atomic E-state index is 13.0. The summed E-state index contributed by atoms with van der Waals surface area (Å²) < 4.78 is 33.5. The highest BCUT2D eigenvalue weighted by Crippen LogP contribution is 2.22. The van der Waals surface area contributed by atoms with Crippen molar-refractivity contribution in [1.82, 2.24) is 10.6 Å². The van der Waals surface area contributed by atoms with Gasteiger partial charge in [-0.3, -0.25) is 10.0 Å². The van der Waals surface area contributed by atoms with Crippen molar-refractivity contribution in [3.05, 3.63) is 60.2 Å². The first kappa shape index (κ1) is 28.2. The average molecular weight is 519 g/mol. The number of hydrogen-bond donors (Lipinski definition) is 5. The molecule has 0 aliphatic rings. The summed E-state index contributed by atoms with van der Waals surface area (Å²) in [7, 11) is -4.07. The van der Waals surface area contributed by atoms with E-state index in [2.05, 4.69) is 20.7 Å². The summed E-state index contributed by atoms with van der Waals surface area (Å²) in [6, 6.07) is 11.1. The maximum Gasteiger partial charge on any atom is 0.412 e. The Morgan fingerprint density at radius 3 is 2.33 bits per heavy atom. The molecule has 3 amide bonds. The molecule has 2 aromatic rings. The standard InChI is InChI=1S/C24H30N4O7S/c1-5-12-25-22(31)26-17-9-7-11-19(14-17)36(33,34)28-18-10-6-8-16(13-18)20(15-21(29)30)27-23(32)35-24(2,3)4/h6-11,13-15,28H,5,12H2,1-4H3,(H,27,32)(H,29,30)(H2,25,26,31)/b20-15-. The molecule has 0 saturated carbocycles. The number of alkyl carbamates (subject to hydrolysis) is 1. The van der Waals surface area contributed by atoms with Crippen LogP contribution >= 0.6 is 0 Å².